The average Bonchev–Trinajstić information content (AvgIpc) is 2.11. The van der Waals surface area contributed by atoms with E-state index in [9.17, 15) is 4.79 Å². The number of carbonyl (C=O) groups excluding carboxylic acids is 1. The zero-order valence-electron chi connectivity index (χ0n) is 9.22. The fourth-order valence-electron chi connectivity index (χ4n) is 1.63. The van der Waals surface area contributed by atoms with Crippen LogP contribution in [0.2, 0.25) is 0 Å². The molecule has 0 bridgehead atoms. The molecule has 0 unspecified atom stereocenters. The van der Waals surface area contributed by atoms with Crippen molar-refractivity contribution < 1.29 is 4.79 Å². The Hall–Kier alpha value is -1.82. The number of nitriles is 1. The maximum atomic E-state index is 11.3. The highest BCUT2D eigenvalue weighted by molar-refractivity contribution is 5.93. The second kappa shape index (κ2) is 4.61. The molecular formula is C12H14N2O. The molecule has 1 amide bonds. The van der Waals surface area contributed by atoms with E-state index in [-0.39, 0.29) is 12.3 Å². The van der Waals surface area contributed by atoms with E-state index >= 15 is 0 Å². The third kappa shape index (κ3) is 2.81. The van der Waals surface area contributed by atoms with Crippen molar-refractivity contribution in [3.63, 3.8) is 0 Å². The molecule has 3 heteroatoms. The van der Waals surface area contributed by atoms with E-state index in [0.717, 1.165) is 16.8 Å². The van der Waals surface area contributed by atoms with Gasteiger partial charge < -0.3 is 5.32 Å². The van der Waals surface area contributed by atoms with Crippen LogP contribution in [0.4, 0.5) is 5.69 Å². The minimum absolute atomic E-state index is 0.104. The number of amides is 1. The van der Waals surface area contributed by atoms with Gasteiger partial charge in [-0.2, -0.15) is 5.26 Å². The van der Waals surface area contributed by atoms with Crippen molar-refractivity contribution in [2.75, 3.05) is 5.32 Å². The third-order valence-corrected chi connectivity index (χ3v) is 2.18. The summed E-state index contributed by atoms with van der Waals surface area (Å²) in [6, 6.07) is 5.84. The fraction of sp³-hybridized carbons (Fsp3) is 0.333. The fourth-order valence-corrected chi connectivity index (χ4v) is 1.63. The summed E-state index contributed by atoms with van der Waals surface area (Å²) in [4.78, 5) is 11.3. The quantitative estimate of drug-likeness (QED) is 0.800. The van der Waals surface area contributed by atoms with E-state index in [1.165, 1.54) is 5.56 Å². The van der Waals surface area contributed by atoms with Gasteiger partial charge >= 0.3 is 0 Å². The molecule has 15 heavy (non-hydrogen) atoms. The molecule has 0 aliphatic rings. The van der Waals surface area contributed by atoms with Crippen LogP contribution >= 0.6 is 0 Å². The Labute approximate surface area is 89.7 Å². The van der Waals surface area contributed by atoms with Crippen molar-refractivity contribution >= 4 is 11.6 Å². The summed E-state index contributed by atoms with van der Waals surface area (Å²) in [6.07, 6.45) is -0.104. The molecule has 0 saturated carbocycles. The second-order valence-corrected chi connectivity index (χ2v) is 3.66. The van der Waals surface area contributed by atoms with Crippen molar-refractivity contribution in [1.29, 1.82) is 5.26 Å². The van der Waals surface area contributed by atoms with Gasteiger partial charge in [-0.3, -0.25) is 4.79 Å². The number of nitrogens with zero attached hydrogens (tertiary/aromatic N) is 1. The predicted molar refractivity (Wildman–Crippen MR) is 59.5 cm³/mol. The Morgan fingerprint density at radius 1 is 1.33 bits per heavy atom. The molecule has 1 N–H and O–H groups in total. The standard InChI is InChI=1S/C12H14N2O/c1-8-6-9(2)12(10(3)7-8)14-11(15)4-5-13/h6-7H,4H2,1-3H3,(H,14,15). The normalized spacial score (nSPS) is 9.47. The maximum absolute atomic E-state index is 11.3. The Morgan fingerprint density at radius 2 is 1.87 bits per heavy atom. The van der Waals surface area contributed by atoms with Gasteiger partial charge in [-0.25, -0.2) is 0 Å². The van der Waals surface area contributed by atoms with E-state index in [4.69, 9.17) is 5.26 Å². The van der Waals surface area contributed by atoms with Gasteiger partial charge in [0.25, 0.3) is 0 Å². The monoisotopic (exact) mass is 202 g/mol. The zero-order chi connectivity index (χ0) is 11.4. The summed E-state index contributed by atoms with van der Waals surface area (Å²) in [6.45, 7) is 5.91. The van der Waals surface area contributed by atoms with Crippen LogP contribution in [-0.4, -0.2) is 5.91 Å². The largest absolute Gasteiger partial charge is 0.325 e. The van der Waals surface area contributed by atoms with Crippen LogP contribution in [0.1, 0.15) is 23.1 Å². The Morgan fingerprint density at radius 3 is 2.33 bits per heavy atom. The highest BCUT2D eigenvalue weighted by Crippen LogP contribution is 2.21. The van der Waals surface area contributed by atoms with Gasteiger partial charge in [0, 0.05) is 5.69 Å². The molecule has 0 aliphatic carbocycles. The first-order valence-corrected chi connectivity index (χ1v) is 4.79. The molecule has 1 aromatic carbocycles. The van der Waals surface area contributed by atoms with Gasteiger partial charge in [-0.15, -0.1) is 0 Å². The summed E-state index contributed by atoms with van der Waals surface area (Å²) in [5.41, 5.74) is 4.04. The molecule has 0 saturated heterocycles. The minimum atomic E-state index is -0.257. The van der Waals surface area contributed by atoms with Gasteiger partial charge in [-0.1, -0.05) is 17.7 Å². The molecule has 0 aliphatic heterocycles. The molecule has 78 valence electrons. The summed E-state index contributed by atoms with van der Waals surface area (Å²) in [5, 5.41) is 11.1. The molecule has 3 nitrogen and oxygen atoms in total. The lowest BCUT2D eigenvalue weighted by Gasteiger charge is -2.11. The van der Waals surface area contributed by atoms with Crippen LogP contribution < -0.4 is 5.32 Å². The molecule has 0 aromatic heterocycles. The van der Waals surface area contributed by atoms with Gasteiger partial charge in [0.05, 0.1) is 6.07 Å². The van der Waals surface area contributed by atoms with Crippen LogP contribution in [0.25, 0.3) is 0 Å². The summed E-state index contributed by atoms with van der Waals surface area (Å²) in [5.74, 6) is -0.257. The lowest BCUT2D eigenvalue weighted by molar-refractivity contribution is -0.115. The van der Waals surface area contributed by atoms with Crippen molar-refractivity contribution in [3.05, 3.63) is 28.8 Å². The lowest BCUT2D eigenvalue weighted by atomic mass is 10.1. The first-order valence-electron chi connectivity index (χ1n) is 4.79. The van der Waals surface area contributed by atoms with Gasteiger partial charge in [0.15, 0.2) is 0 Å². The van der Waals surface area contributed by atoms with Crippen LogP contribution in [0.5, 0.6) is 0 Å². The Bertz CT molecular complexity index is 407. The van der Waals surface area contributed by atoms with Gasteiger partial charge in [0.1, 0.15) is 6.42 Å². The molecule has 0 radical (unpaired) electrons. The molecule has 0 fully saturated rings. The van der Waals surface area contributed by atoms with Crippen molar-refractivity contribution in [1.82, 2.24) is 0 Å². The molecule has 0 heterocycles. The van der Waals surface area contributed by atoms with Crippen molar-refractivity contribution in [3.8, 4) is 6.07 Å². The van der Waals surface area contributed by atoms with E-state index < -0.39 is 0 Å². The zero-order valence-corrected chi connectivity index (χ0v) is 9.22. The number of hydrogen-bond acceptors (Lipinski definition) is 2. The minimum Gasteiger partial charge on any atom is -0.325 e. The molecule has 1 aromatic rings. The van der Waals surface area contributed by atoms with Gasteiger partial charge in [0.2, 0.25) is 5.91 Å². The average molecular weight is 202 g/mol. The van der Waals surface area contributed by atoms with E-state index in [1.807, 2.05) is 39.0 Å². The first-order chi connectivity index (χ1) is 7.04. The highest BCUT2D eigenvalue weighted by Gasteiger charge is 2.07. The van der Waals surface area contributed by atoms with Crippen LogP contribution in [-0.2, 0) is 4.79 Å². The number of nitrogens with one attached hydrogen (secondary N) is 1. The number of benzene rings is 1. The Kier molecular flexibility index (Phi) is 3.46. The maximum Gasteiger partial charge on any atom is 0.238 e. The van der Waals surface area contributed by atoms with Crippen LogP contribution in [0.3, 0.4) is 0 Å². The number of aryl methyl sites for hydroxylation is 3. The highest BCUT2D eigenvalue weighted by atomic mass is 16.1. The van der Waals surface area contributed by atoms with E-state index in [1.54, 1.807) is 0 Å². The molecular weight excluding hydrogens is 188 g/mol. The van der Waals surface area contributed by atoms with E-state index in [2.05, 4.69) is 5.32 Å². The lowest BCUT2D eigenvalue weighted by Crippen LogP contribution is -2.12. The number of anilines is 1. The topological polar surface area (TPSA) is 52.9 Å². The first kappa shape index (κ1) is 11.3. The molecule has 0 atom stereocenters. The number of hydrogen-bond donors (Lipinski definition) is 1. The second-order valence-electron chi connectivity index (χ2n) is 3.66. The SMILES string of the molecule is Cc1cc(C)c(NC(=O)CC#N)c(C)c1. The number of carbonyl (C=O) groups is 1. The predicted octanol–water partition coefficient (Wildman–Crippen LogP) is 2.46. The summed E-state index contributed by atoms with van der Waals surface area (Å²) >= 11 is 0. The van der Waals surface area contributed by atoms with Gasteiger partial charge in [-0.05, 0) is 31.9 Å². The smallest absolute Gasteiger partial charge is 0.238 e. The van der Waals surface area contributed by atoms with Crippen molar-refractivity contribution in [2.45, 2.75) is 27.2 Å². The van der Waals surface area contributed by atoms with E-state index in [0.29, 0.717) is 0 Å². The molecule has 0 spiro atoms. The number of rotatable bonds is 2. The Balaban J connectivity index is 2.96. The third-order valence-electron chi connectivity index (χ3n) is 2.18. The molecule has 1 rings (SSSR count). The van der Waals surface area contributed by atoms with Crippen LogP contribution in [0, 0.1) is 32.1 Å². The van der Waals surface area contributed by atoms with Crippen LogP contribution in [0.15, 0.2) is 12.1 Å². The summed E-state index contributed by atoms with van der Waals surface area (Å²) < 4.78 is 0. The summed E-state index contributed by atoms with van der Waals surface area (Å²) in [7, 11) is 0. The van der Waals surface area contributed by atoms with Crippen molar-refractivity contribution in [2.24, 2.45) is 0 Å².